The highest BCUT2D eigenvalue weighted by atomic mass is 16.5. The molecule has 1 saturated heterocycles. The van der Waals surface area contributed by atoms with Crippen LogP contribution in [0.4, 0.5) is 0 Å². The summed E-state index contributed by atoms with van der Waals surface area (Å²) < 4.78 is 5.42. The van der Waals surface area contributed by atoms with Gasteiger partial charge in [-0.2, -0.15) is 0 Å². The Morgan fingerprint density at radius 2 is 1.86 bits per heavy atom. The predicted octanol–water partition coefficient (Wildman–Crippen LogP) is 3.55. The Bertz CT molecular complexity index is 1520. The van der Waals surface area contributed by atoms with Gasteiger partial charge in [-0.1, -0.05) is 49.7 Å². The van der Waals surface area contributed by atoms with E-state index >= 15 is 0 Å². The van der Waals surface area contributed by atoms with E-state index in [-0.39, 0.29) is 30.6 Å². The highest BCUT2D eigenvalue weighted by molar-refractivity contribution is 6.38. The SMILES string of the molecule is COc1cccc2[nH]c(C(=O)N3CC(C)CC3C(=O)NC(CC3CCCCC3=O)C(=O)C(=O)NCc3ccccc3)cc12. The molecule has 0 bridgehead atoms. The molecule has 2 aromatic carbocycles. The molecule has 3 N–H and O–H groups in total. The fourth-order valence-electron chi connectivity index (χ4n) is 6.21. The number of hydrogen-bond donors (Lipinski definition) is 3. The summed E-state index contributed by atoms with van der Waals surface area (Å²) >= 11 is 0. The largest absolute Gasteiger partial charge is 0.496 e. The molecule has 0 spiro atoms. The van der Waals surface area contributed by atoms with E-state index in [1.54, 1.807) is 13.2 Å². The number of carbonyl (C=O) groups is 5. The van der Waals surface area contributed by atoms with Crippen LogP contribution in [0.25, 0.3) is 10.9 Å². The zero-order valence-electron chi connectivity index (χ0n) is 24.6. The number of carbonyl (C=O) groups excluding carboxylic acids is 5. The summed E-state index contributed by atoms with van der Waals surface area (Å²) in [6, 6.07) is 14.4. The lowest BCUT2D eigenvalue weighted by Crippen LogP contribution is -2.54. The average Bonchev–Trinajstić information content (AvgIpc) is 3.64. The number of methoxy groups -OCH3 is 1. The number of rotatable bonds is 10. The van der Waals surface area contributed by atoms with Gasteiger partial charge in [-0.3, -0.25) is 24.0 Å². The molecule has 1 saturated carbocycles. The molecule has 5 rings (SSSR count). The van der Waals surface area contributed by atoms with Gasteiger partial charge in [-0.25, -0.2) is 0 Å². The molecule has 4 atom stereocenters. The highest BCUT2D eigenvalue weighted by Crippen LogP contribution is 2.30. The third-order valence-corrected chi connectivity index (χ3v) is 8.50. The molecular weight excluding hydrogens is 548 g/mol. The van der Waals surface area contributed by atoms with Crippen LogP contribution in [0.1, 0.15) is 61.5 Å². The third-order valence-electron chi connectivity index (χ3n) is 8.50. The van der Waals surface area contributed by atoms with E-state index in [2.05, 4.69) is 15.6 Å². The van der Waals surface area contributed by atoms with Crippen LogP contribution in [0.3, 0.4) is 0 Å². The molecular formula is C33H38N4O6. The van der Waals surface area contributed by atoms with Gasteiger partial charge in [0.15, 0.2) is 0 Å². The number of ether oxygens (including phenoxy) is 1. The smallest absolute Gasteiger partial charge is 0.289 e. The second-order valence-corrected chi connectivity index (χ2v) is 11.7. The van der Waals surface area contributed by atoms with Crippen LogP contribution < -0.4 is 15.4 Å². The Balaban J connectivity index is 1.33. The maximum Gasteiger partial charge on any atom is 0.289 e. The Morgan fingerprint density at radius 1 is 1.07 bits per heavy atom. The van der Waals surface area contributed by atoms with Gasteiger partial charge in [-0.05, 0) is 55.4 Å². The first-order chi connectivity index (χ1) is 20.7. The molecule has 226 valence electrons. The highest BCUT2D eigenvalue weighted by Gasteiger charge is 2.41. The summed E-state index contributed by atoms with van der Waals surface area (Å²) in [7, 11) is 1.56. The molecule has 3 aromatic rings. The zero-order chi connectivity index (χ0) is 30.5. The summed E-state index contributed by atoms with van der Waals surface area (Å²) in [6.07, 6.45) is 3.15. The first-order valence-corrected chi connectivity index (χ1v) is 14.9. The second kappa shape index (κ2) is 13.2. The Labute approximate surface area is 250 Å². The van der Waals surface area contributed by atoms with Gasteiger partial charge in [0, 0.05) is 36.3 Å². The average molecular weight is 587 g/mol. The molecule has 0 radical (unpaired) electrons. The van der Waals surface area contributed by atoms with Crippen molar-refractivity contribution in [3.8, 4) is 5.75 Å². The van der Waals surface area contributed by atoms with Crippen LogP contribution in [-0.2, 0) is 25.7 Å². The maximum absolute atomic E-state index is 13.7. The summed E-state index contributed by atoms with van der Waals surface area (Å²) in [5.41, 5.74) is 1.89. The molecule has 10 heteroatoms. The standard InChI is InChI=1S/C33H38N4O6/c1-20-15-27(37(19-20)33(42)26-17-23-24(35-26)12-8-14-29(23)43-2)31(40)36-25(16-22-11-6-7-13-28(22)38)30(39)32(41)34-18-21-9-4-3-5-10-21/h3-5,8-10,12,14,17,20,22,25,27,35H,6-7,11,13,15-16,18-19H2,1-2H3,(H,34,41)(H,36,40). The van der Waals surface area contributed by atoms with Crippen molar-refractivity contribution in [1.29, 1.82) is 0 Å². The van der Waals surface area contributed by atoms with E-state index in [1.807, 2.05) is 55.5 Å². The van der Waals surface area contributed by atoms with Crippen LogP contribution in [0.5, 0.6) is 5.75 Å². The topological polar surface area (TPSA) is 138 Å². The minimum absolute atomic E-state index is 0.0434. The zero-order valence-corrected chi connectivity index (χ0v) is 24.6. The number of H-pyrrole nitrogens is 1. The van der Waals surface area contributed by atoms with Crippen LogP contribution in [-0.4, -0.2) is 64.9 Å². The molecule has 43 heavy (non-hydrogen) atoms. The van der Waals surface area contributed by atoms with Gasteiger partial charge < -0.3 is 25.3 Å². The van der Waals surface area contributed by atoms with E-state index in [4.69, 9.17) is 4.74 Å². The van der Waals surface area contributed by atoms with Gasteiger partial charge >= 0.3 is 0 Å². The number of ketones is 2. The fraction of sp³-hybridized carbons (Fsp3) is 0.424. The second-order valence-electron chi connectivity index (χ2n) is 11.7. The van der Waals surface area contributed by atoms with Crippen molar-refractivity contribution in [2.75, 3.05) is 13.7 Å². The summed E-state index contributed by atoms with van der Waals surface area (Å²) in [4.78, 5) is 71.1. The minimum atomic E-state index is -1.18. The van der Waals surface area contributed by atoms with Gasteiger partial charge in [0.05, 0.1) is 13.2 Å². The van der Waals surface area contributed by atoms with E-state index in [0.717, 1.165) is 29.3 Å². The summed E-state index contributed by atoms with van der Waals surface area (Å²) in [5, 5.41) is 6.18. The number of amides is 3. The molecule has 10 nitrogen and oxygen atoms in total. The monoisotopic (exact) mass is 586 g/mol. The lowest BCUT2D eigenvalue weighted by molar-refractivity contribution is -0.141. The van der Waals surface area contributed by atoms with Gasteiger partial charge in [0.2, 0.25) is 11.7 Å². The number of likely N-dealkylation sites (tertiary alicyclic amines) is 1. The Morgan fingerprint density at radius 3 is 2.60 bits per heavy atom. The fourth-order valence-corrected chi connectivity index (χ4v) is 6.21. The normalized spacial score (nSPS) is 20.9. The molecule has 2 aliphatic rings. The van der Waals surface area contributed by atoms with Gasteiger partial charge in [-0.15, -0.1) is 0 Å². The lowest BCUT2D eigenvalue weighted by Gasteiger charge is -2.28. The van der Waals surface area contributed by atoms with Crippen molar-refractivity contribution < 1.29 is 28.7 Å². The van der Waals surface area contributed by atoms with Crippen LogP contribution in [0.2, 0.25) is 0 Å². The van der Waals surface area contributed by atoms with Crippen molar-refractivity contribution in [1.82, 2.24) is 20.5 Å². The van der Waals surface area contributed by atoms with Crippen LogP contribution in [0.15, 0.2) is 54.6 Å². The number of benzene rings is 2. The number of nitrogens with one attached hydrogen (secondary N) is 3. The number of nitrogens with zero attached hydrogens (tertiary/aromatic N) is 1. The Kier molecular flexibility index (Phi) is 9.23. The minimum Gasteiger partial charge on any atom is -0.496 e. The Hall–Kier alpha value is -4.47. The lowest BCUT2D eigenvalue weighted by atomic mass is 9.82. The van der Waals surface area contributed by atoms with Crippen molar-refractivity contribution in [2.24, 2.45) is 11.8 Å². The van der Waals surface area contributed by atoms with Crippen molar-refractivity contribution in [3.05, 3.63) is 65.9 Å². The molecule has 1 aromatic heterocycles. The van der Waals surface area contributed by atoms with E-state index in [9.17, 15) is 24.0 Å². The van der Waals surface area contributed by atoms with Gasteiger partial charge in [0.1, 0.15) is 23.3 Å². The van der Waals surface area contributed by atoms with Crippen molar-refractivity contribution >= 4 is 40.2 Å². The number of aromatic amines is 1. The molecule has 4 unspecified atom stereocenters. The van der Waals surface area contributed by atoms with E-state index in [1.165, 1.54) is 4.90 Å². The van der Waals surface area contributed by atoms with Crippen LogP contribution >= 0.6 is 0 Å². The van der Waals surface area contributed by atoms with Crippen molar-refractivity contribution in [3.63, 3.8) is 0 Å². The molecule has 2 fully saturated rings. The molecule has 3 amide bonds. The number of fused-ring (bicyclic) bond motifs is 1. The quantitative estimate of drug-likeness (QED) is 0.311. The van der Waals surface area contributed by atoms with Crippen LogP contribution in [0, 0.1) is 11.8 Å². The summed E-state index contributed by atoms with van der Waals surface area (Å²) in [5.74, 6) is -2.16. The van der Waals surface area contributed by atoms with E-state index in [0.29, 0.717) is 37.3 Å². The molecule has 1 aliphatic heterocycles. The molecule has 2 heterocycles. The molecule has 1 aliphatic carbocycles. The third kappa shape index (κ3) is 6.79. The first-order valence-electron chi connectivity index (χ1n) is 14.9. The van der Waals surface area contributed by atoms with Gasteiger partial charge in [0.25, 0.3) is 11.8 Å². The number of hydrogen-bond acceptors (Lipinski definition) is 6. The first kappa shape index (κ1) is 30.0. The van der Waals surface area contributed by atoms with Crippen molar-refractivity contribution in [2.45, 2.75) is 64.1 Å². The predicted molar refractivity (Wildman–Crippen MR) is 160 cm³/mol. The summed E-state index contributed by atoms with van der Waals surface area (Å²) in [6.45, 7) is 2.48. The number of aromatic nitrogens is 1. The number of Topliss-reactive ketones (excluding diaryl/α,β-unsaturated/α-hetero) is 2. The van der Waals surface area contributed by atoms with E-state index < -0.39 is 35.6 Å². The maximum atomic E-state index is 13.7.